The molecule has 4 rings (SSSR count). The molecule has 2 saturated heterocycles. The lowest BCUT2D eigenvalue weighted by atomic mass is 10.0. The van der Waals surface area contributed by atoms with Crippen LogP contribution >= 0.6 is 24.0 Å². The summed E-state index contributed by atoms with van der Waals surface area (Å²) in [5.74, 6) is 0.0919. The van der Waals surface area contributed by atoms with Crippen LogP contribution in [0.15, 0.2) is 34.0 Å². The first kappa shape index (κ1) is 28.0. The number of carbonyl (C=O) groups excluding carboxylic acids is 1. The number of anilines is 1. The van der Waals surface area contributed by atoms with Crippen LogP contribution in [0, 0.1) is 24.1 Å². The number of aromatic nitrogens is 1. The summed E-state index contributed by atoms with van der Waals surface area (Å²) >= 11 is 6.72. The first-order valence-corrected chi connectivity index (χ1v) is 13.9. The Bertz CT molecular complexity index is 1370. The molecule has 0 aliphatic carbocycles. The van der Waals surface area contributed by atoms with Gasteiger partial charge >= 0.3 is 0 Å². The molecular weight excluding hydrogens is 523 g/mol. The van der Waals surface area contributed by atoms with Gasteiger partial charge in [0.05, 0.1) is 23.7 Å². The predicted octanol–water partition coefficient (Wildman–Crippen LogP) is 4.98. The van der Waals surface area contributed by atoms with Crippen molar-refractivity contribution in [2.45, 2.75) is 65.8 Å². The van der Waals surface area contributed by atoms with Gasteiger partial charge in [0.2, 0.25) is 0 Å². The third kappa shape index (κ3) is 5.70. The van der Waals surface area contributed by atoms with Crippen LogP contribution in [-0.2, 0) is 22.6 Å². The second-order valence-electron chi connectivity index (χ2n) is 9.72. The molecule has 0 radical (unpaired) electrons. The smallest absolute Gasteiger partial charge is 0.270 e. The predicted molar refractivity (Wildman–Crippen MR) is 152 cm³/mol. The van der Waals surface area contributed by atoms with E-state index < -0.39 is 0 Å². The lowest BCUT2D eigenvalue weighted by molar-refractivity contribution is -0.122. The fourth-order valence-electron chi connectivity index (χ4n) is 4.90. The molecule has 1 aromatic heterocycles. The zero-order valence-corrected chi connectivity index (χ0v) is 23.6. The van der Waals surface area contributed by atoms with Gasteiger partial charge in [-0.15, -0.1) is 0 Å². The maximum atomic E-state index is 13.5. The van der Waals surface area contributed by atoms with Crippen molar-refractivity contribution in [3.63, 3.8) is 0 Å². The molecule has 2 aliphatic heterocycles. The van der Waals surface area contributed by atoms with Crippen molar-refractivity contribution in [1.29, 1.82) is 5.26 Å². The van der Waals surface area contributed by atoms with Crippen LogP contribution < -0.4 is 10.5 Å². The van der Waals surface area contributed by atoms with Gasteiger partial charge in [0.15, 0.2) is 0 Å². The van der Waals surface area contributed by atoms with E-state index in [4.69, 9.17) is 17.0 Å². The molecule has 0 bridgehead atoms. The van der Waals surface area contributed by atoms with Crippen LogP contribution in [0.4, 0.5) is 10.2 Å². The van der Waals surface area contributed by atoms with Crippen molar-refractivity contribution >= 4 is 46.1 Å². The van der Waals surface area contributed by atoms with Gasteiger partial charge in [0.1, 0.15) is 27.6 Å². The van der Waals surface area contributed by atoms with E-state index in [1.807, 2.05) is 13.8 Å². The number of amides is 1. The van der Waals surface area contributed by atoms with Crippen molar-refractivity contribution in [2.24, 2.45) is 0 Å². The summed E-state index contributed by atoms with van der Waals surface area (Å²) < 4.78 is 21.4. The van der Waals surface area contributed by atoms with Gasteiger partial charge in [-0.3, -0.25) is 19.1 Å². The molecule has 3 heterocycles. The Balaban J connectivity index is 1.83. The number of ether oxygens (including phenoxy) is 1. The van der Waals surface area contributed by atoms with Gasteiger partial charge in [0, 0.05) is 25.2 Å². The SMILES string of the molecule is CCCCn1c(N2CC(C)OC(C)C2)c(/C=C2/SC(=S)N(Cc3ccc(F)cc3)C2=O)c(C)c(C#N)c1=O. The monoisotopic (exact) mass is 554 g/mol. The first-order chi connectivity index (χ1) is 18.1. The molecule has 2 aromatic rings. The van der Waals surface area contributed by atoms with Crippen LogP contribution in [0.2, 0.25) is 0 Å². The minimum atomic E-state index is -0.347. The number of nitriles is 1. The fraction of sp³-hybridized carbons (Fsp3) is 0.429. The average Bonchev–Trinajstić information content (AvgIpc) is 3.13. The zero-order valence-electron chi connectivity index (χ0n) is 22.0. The van der Waals surface area contributed by atoms with E-state index in [0.717, 1.165) is 18.4 Å². The number of carbonyl (C=O) groups is 1. The van der Waals surface area contributed by atoms with E-state index in [-0.39, 0.29) is 41.6 Å². The van der Waals surface area contributed by atoms with Crippen LogP contribution in [0.5, 0.6) is 0 Å². The summed E-state index contributed by atoms with van der Waals surface area (Å²) in [5, 5.41) is 9.89. The highest BCUT2D eigenvalue weighted by atomic mass is 32.2. The average molecular weight is 555 g/mol. The van der Waals surface area contributed by atoms with Crippen LogP contribution in [-0.4, -0.2) is 45.0 Å². The summed E-state index contributed by atoms with van der Waals surface area (Å²) in [6.07, 6.45) is 3.32. The number of hydrogen-bond acceptors (Lipinski definition) is 7. The van der Waals surface area contributed by atoms with E-state index >= 15 is 0 Å². The van der Waals surface area contributed by atoms with Gasteiger partial charge < -0.3 is 9.64 Å². The molecule has 1 amide bonds. The summed E-state index contributed by atoms with van der Waals surface area (Å²) in [6, 6.07) is 8.06. The quantitative estimate of drug-likeness (QED) is 0.353. The second-order valence-corrected chi connectivity index (χ2v) is 11.4. The topological polar surface area (TPSA) is 78.6 Å². The number of pyridine rings is 1. The van der Waals surface area contributed by atoms with Crippen molar-refractivity contribution < 1.29 is 13.9 Å². The van der Waals surface area contributed by atoms with E-state index in [2.05, 4.69) is 17.9 Å². The Morgan fingerprint density at radius 1 is 1.21 bits per heavy atom. The molecule has 1 aromatic carbocycles. The zero-order chi connectivity index (χ0) is 27.6. The molecule has 2 atom stereocenters. The first-order valence-electron chi connectivity index (χ1n) is 12.7. The number of morpholine rings is 1. The number of thioether (sulfide) groups is 1. The van der Waals surface area contributed by atoms with Crippen LogP contribution in [0.3, 0.4) is 0 Å². The Morgan fingerprint density at radius 3 is 2.47 bits per heavy atom. The third-order valence-corrected chi connectivity index (χ3v) is 8.08. The van der Waals surface area contributed by atoms with Gasteiger partial charge in [-0.1, -0.05) is 49.5 Å². The summed E-state index contributed by atoms with van der Waals surface area (Å²) in [7, 11) is 0. The standard InChI is InChI=1S/C28H31FN4O3S2/c1-5-6-11-32-25(31-14-17(2)36-18(3)15-31)22(19(4)23(13-30)26(32)34)12-24-27(35)33(28(37)38-24)16-20-7-9-21(29)10-8-20/h7-10,12,17-18H,5-6,11,14-16H2,1-4H3/b24-12+. The molecule has 38 heavy (non-hydrogen) atoms. The number of hydrogen-bond donors (Lipinski definition) is 0. The largest absolute Gasteiger partial charge is 0.372 e. The molecule has 10 heteroatoms. The highest BCUT2D eigenvalue weighted by Gasteiger charge is 2.34. The second kappa shape index (κ2) is 11.8. The highest BCUT2D eigenvalue weighted by Crippen LogP contribution is 2.37. The number of unbranched alkanes of at least 4 members (excludes halogenated alkanes) is 1. The number of thiocarbonyl (C=S) groups is 1. The van der Waals surface area contributed by atoms with Gasteiger partial charge in [-0.2, -0.15) is 5.26 Å². The Labute approximate surface area is 231 Å². The molecule has 0 N–H and O–H groups in total. The molecule has 0 spiro atoms. The number of halogens is 1. The third-order valence-electron chi connectivity index (χ3n) is 6.70. The number of benzene rings is 1. The minimum absolute atomic E-state index is 0.0498. The Morgan fingerprint density at radius 2 is 1.87 bits per heavy atom. The van der Waals surface area contributed by atoms with Gasteiger partial charge in [0.25, 0.3) is 11.5 Å². The van der Waals surface area contributed by atoms with Crippen LogP contribution in [0.25, 0.3) is 6.08 Å². The Kier molecular flexibility index (Phi) is 8.71. The van der Waals surface area contributed by atoms with E-state index in [1.165, 1.54) is 28.8 Å². The number of rotatable bonds is 7. The van der Waals surface area contributed by atoms with E-state index in [1.54, 1.807) is 29.7 Å². The van der Waals surface area contributed by atoms with Crippen molar-refractivity contribution in [2.75, 3.05) is 18.0 Å². The van der Waals surface area contributed by atoms with Gasteiger partial charge in [-0.25, -0.2) is 4.39 Å². The molecule has 7 nitrogen and oxygen atoms in total. The van der Waals surface area contributed by atoms with E-state index in [9.17, 15) is 19.2 Å². The van der Waals surface area contributed by atoms with Gasteiger partial charge in [-0.05, 0) is 56.5 Å². The maximum Gasteiger partial charge on any atom is 0.270 e. The summed E-state index contributed by atoms with van der Waals surface area (Å²) in [4.78, 5) is 31.0. The molecule has 0 saturated carbocycles. The Hall–Kier alpha value is -3.00. The van der Waals surface area contributed by atoms with Crippen molar-refractivity contribution in [3.05, 3.63) is 67.6 Å². The normalized spacial score (nSPS) is 20.9. The highest BCUT2D eigenvalue weighted by molar-refractivity contribution is 8.26. The van der Waals surface area contributed by atoms with Crippen LogP contribution in [0.1, 0.15) is 55.9 Å². The fourth-order valence-corrected chi connectivity index (χ4v) is 6.14. The molecule has 2 unspecified atom stereocenters. The lowest BCUT2D eigenvalue weighted by Crippen LogP contribution is -2.48. The summed E-state index contributed by atoms with van der Waals surface area (Å²) in [5.41, 5.74) is 1.72. The minimum Gasteiger partial charge on any atom is -0.372 e. The van der Waals surface area contributed by atoms with Crippen molar-refractivity contribution in [1.82, 2.24) is 9.47 Å². The van der Waals surface area contributed by atoms with E-state index in [0.29, 0.717) is 45.8 Å². The van der Waals surface area contributed by atoms with Crippen molar-refractivity contribution in [3.8, 4) is 6.07 Å². The molecule has 2 aliphatic rings. The molecule has 200 valence electrons. The maximum absolute atomic E-state index is 13.5. The summed E-state index contributed by atoms with van der Waals surface area (Å²) in [6.45, 7) is 9.64. The molecular formula is C28H31FN4O3S2. The lowest BCUT2D eigenvalue weighted by Gasteiger charge is -2.39. The number of nitrogens with zero attached hydrogens (tertiary/aromatic N) is 4. The molecule has 2 fully saturated rings.